The van der Waals surface area contributed by atoms with Gasteiger partial charge in [-0.25, -0.2) is 0 Å². The van der Waals surface area contributed by atoms with Crippen molar-refractivity contribution in [3.63, 3.8) is 0 Å². The molecule has 2 aliphatic heterocycles. The van der Waals surface area contributed by atoms with Crippen LogP contribution in [0.25, 0.3) is 0 Å². The lowest BCUT2D eigenvalue weighted by atomic mass is 10.2. The van der Waals surface area contributed by atoms with Gasteiger partial charge in [0, 0.05) is 33.2 Å². The molecule has 2 rings (SSSR count). The Hall–Kier alpha value is -0.770. The van der Waals surface area contributed by atoms with E-state index >= 15 is 0 Å². The summed E-state index contributed by atoms with van der Waals surface area (Å²) in [6.07, 6.45) is 2.59. The van der Waals surface area contributed by atoms with Crippen molar-refractivity contribution in [2.24, 2.45) is 4.99 Å². The average Bonchev–Trinajstić information content (AvgIpc) is 2.76. The quantitative estimate of drug-likeness (QED) is 0.673. The third kappa shape index (κ3) is 2.00. The summed E-state index contributed by atoms with van der Waals surface area (Å²) < 4.78 is 0. The first-order valence-corrected chi connectivity index (χ1v) is 5.47. The molecule has 2 heterocycles. The minimum atomic E-state index is 0.616. The Labute approximate surface area is 86.0 Å². The van der Waals surface area contributed by atoms with Crippen molar-refractivity contribution >= 4 is 5.96 Å². The number of nitrogens with one attached hydrogen (secondary N) is 1. The van der Waals surface area contributed by atoms with Gasteiger partial charge in [0.15, 0.2) is 5.96 Å². The van der Waals surface area contributed by atoms with E-state index in [-0.39, 0.29) is 0 Å². The minimum Gasteiger partial charge on any atom is -0.344 e. The number of hydrogen-bond acceptors (Lipinski definition) is 2. The summed E-state index contributed by atoms with van der Waals surface area (Å²) >= 11 is 0. The van der Waals surface area contributed by atoms with E-state index in [0.29, 0.717) is 6.04 Å². The summed E-state index contributed by atoms with van der Waals surface area (Å²) in [7, 11) is 4.23. The van der Waals surface area contributed by atoms with Crippen LogP contribution in [0.4, 0.5) is 0 Å². The normalized spacial score (nSPS) is 27.6. The molecule has 14 heavy (non-hydrogen) atoms. The van der Waals surface area contributed by atoms with Crippen LogP contribution >= 0.6 is 0 Å². The molecular formula is C10H20N4. The maximum Gasteiger partial charge on any atom is 0.196 e. The first-order valence-electron chi connectivity index (χ1n) is 5.47. The predicted molar refractivity (Wildman–Crippen MR) is 58.6 cm³/mol. The predicted octanol–water partition coefficient (Wildman–Crippen LogP) is -0.0284. The summed E-state index contributed by atoms with van der Waals surface area (Å²) in [5.41, 5.74) is 0. The van der Waals surface area contributed by atoms with E-state index in [1.54, 1.807) is 0 Å². The third-order valence-electron chi connectivity index (χ3n) is 3.07. The highest BCUT2D eigenvalue weighted by Crippen LogP contribution is 2.08. The van der Waals surface area contributed by atoms with E-state index in [4.69, 9.17) is 0 Å². The van der Waals surface area contributed by atoms with E-state index in [9.17, 15) is 0 Å². The van der Waals surface area contributed by atoms with Crippen LogP contribution < -0.4 is 5.32 Å². The van der Waals surface area contributed by atoms with Crippen molar-refractivity contribution in [1.82, 2.24) is 15.1 Å². The van der Waals surface area contributed by atoms with E-state index in [2.05, 4.69) is 34.2 Å². The van der Waals surface area contributed by atoms with Gasteiger partial charge in [0.2, 0.25) is 0 Å². The number of aliphatic imine (C=N–C) groups is 1. The molecule has 0 aromatic rings. The Morgan fingerprint density at radius 1 is 1.36 bits per heavy atom. The second-order valence-corrected chi connectivity index (χ2v) is 4.28. The number of nitrogens with zero attached hydrogens (tertiary/aromatic N) is 3. The van der Waals surface area contributed by atoms with Crippen molar-refractivity contribution in [3.05, 3.63) is 0 Å². The van der Waals surface area contributed by atoms with E-state index in [1.165, 1.54) is 19.4 Å². The van der Waals surface area contributed by atoms with Crippen LogP contribution in [0.5, 0.6) is 0 Å². The highest BCUT2D eigenvalue weighted by atomic mass is 15.4. The molecule has 2 fully saturated rings. The van der Waals surface area contributed by atoms with E-state index in [1.807, 2.05) is 0 Å². The zero-order valence-electron chi connectivity index (χ0n) is 9.16. The lowest BCUT2D eigenvalue weighted by Gasteiger charge is -2.17. The van der Waals surface area contributed by atoms with Gasteiger partial charge in [-0.15, -0.1) is 0 Å². The van der Waals surface area contributed by atoms with Gasteiger partial charge in [-0.05, 0) is 19.4 Å². The molecule has 4 heteroatoms. The molecule has 4 nitrogen and oxygen atoms in total. The molecular weight excluding hydrogens is 176 g/mol. The first-order chi connectivity index (χ1) is 6.77. The SMILES string of the molecule is CN1CCN(C)C1=NC[C@@H]1CCCN1. The average molecular weight is 196 g/mol. The van der Waals surface area contributed by atoms with Gasteiger partial charge in [0.05, 0.1) is 6.54 Å². The highest BCUT2D eigenvalue weighted by Gasteiger charge is 2.20. The van der Waals surface area contributed by atoms with Gasteiger partial charge in [-0.3, -0.25) is 4.99 Å². The number of hydrogen-bond donors (Lipinski definition) is 1. The van der Waals surface area contributed by atoms with Crippen molar-refractivity contribution < 1.29 is 0 Å². The van der Waals surface area contributed by atoms with Crippen molar-refractivity contribution in [1.29, 1.82) is 0 Å². The van der Waals surface area contributed by atoms with Gasteiger partial charge in [-0.2, -0.15) is 0 Å². The van der Waals surface area contributed by atoms with Crippen LogP contribution in [-0.4, -0.2) is 62.1 Å². The molecule has 1 N–H and O–H groups in total. The number of rotatable bonds is 2. The summed E-state index contributed by atoms with van der Waals surface area (Å²) in [5, 5.41) is 3.47. The number of guanidine groups is 1. The fourth-order valence-corrected chi connectivity index (χ4v) is 2.14. The lowest BCUT2D eigenvalue weighted by molar-refractivity contribution is 0.552. The maximum atomic E-state index is 4.67. The van der Waals surface area contributed by atoms with Crippen LogP contribution in [-0.2, 0) is 0 Å². The molecule has 1 atom stereocenters. The fourth-order valence-electron chi connectivity index (χ4n) is 2.14. The van der Waals surface area contributed by atoms with Crippen LogP contribution in [0.3, 0.4) is 0 Å². The Bertz CT molecular complexity index is 208. The molecule has 0 unspecified atom stereocenters. The fraction of sp³-hybridized carbons (Fsp3) is 0.900. The minimum absolute atomic E-state index is 0.616. The molecule has 0 bridgehead atoms. The van der Waals surface area contributed by atoms with Gasteiger partial charge in [0.1, 0.15) is 0 Å². The van der Waals surface area contributed by atoms with E-state index < -0.39 is 0 Å². The summed E-state index contributed by atoms with van der Waals surface area (Å²) in [6.45, 7) is 4.31. The first kappa shape index (κ1) is 9.77. The van der Waals surface area contributed by atoms with Gasteiger partial charge < -0.3 is 15.1 Å². The van der Waals surface area contributed by atoms with Crippen molar-refractivity contribution in [3.8, 4) is 0 Å². The standard InChI is InChI=1S/C10H20N4/c1-13-6-7-14(2)10(13)12-8-9-4-3-5-11-9/h9,11H,3-8H2,1-2H3/t9-/m0/s1. The molecule has 2 aliphatic rings. The summed E-state index contributed by atoms with van der Waals surface area (Å²) in [4.78, 5) is 9.14. The Morgan fingerprint density at radius 2 is 2.07 bits per heavy atom. The molecule has 2 saturated heterocycles. The molecule has 0 amide bonds. The Kier molecular flexibility index (Phi) is 2.91. The summed E-state index contributed by atoms with van der Waals surface area (Å²) in [5.74, 6) is 1.15. The van der Waals surface area contributed by atoms with Crippen LogP contribution in [0.15, 0.2) is 4.99 Å². The summed E-state index contributed by atoms with van der Waals surface area (Å²) in [6, 6.07) is 0.616. The Balaban J connectivity index is 1.89. The Morgan fingerprint density at radius 3 is 2.64 bits per heavy atom. The monoisotopic (exact) mass is 196 g/mol. The molecule has 0 saturated carbocycles. The lowest BCUT2D eigenvalue weighted by Crippen LogP contribution is -2.31. The number of likely N-dealkylation sites (N-methyl/N-ethyl adjacent to an activating group) is 2. The zero-order valence-corrected chi connectivity index (χ0v) is 9.16. The van der Waals surface area contributed by atoms with Crippen LogP contribution in [0, 0.1) is 0 Å². The van der Waals surface area contributed by atoms with Crippen molar-refractivity contribution in [2.45, 2.75) is 18.9 Å². The van der Waals surface area contributed by atoms with Gasteiger partial charge in [0.25, 0.3) is 0 Å². The molecule has 0 radical (unpaired) electrons. The molecule has 80 valence electrons. The van der Waals surface area contributed by atoms with Crippen LogP contribution in [0.1, 0.15) is 12.8 Å². The van der Waals surface area contributed by atoms with Gasteiger partial charge >= 0.3 is 0 Å². The topological polar surface area (TPSA) is 30.9 Å². The van der Waals surface area contributed by atoms with Crippen LogP contribution in [0.2, 0.25) is 0 Å². The molecule has 0 aromatic carbocycles. The van der Waals surface area contributed by atoms with Crippen molar-refractivity contribution in [2.75, 3.05) is 40.3 Å². The smallest absolute Gasteiger partial charge is 0.196 e. The molecule has 0 spiro atoms. The molecule has 0 aromatic heterocycles. The van der Waals surface area contributed by atoms with Gasteiger partial charge in [-0.1, -0.05) is 0 Å². The third-order valence-corrected chi connectivity index (χ3v) is 3.07. The largest absolute Gasteiger partial charge is 0.344 e. The second kappa shape index (κ2) is 4.17. The molecule has 0 aliphatic carbocycles. The van der Waals surface area contributed by atoms with E-state index in [0.717, 1.165) is 25.6 Å². The second-order valence-electron chi connectivity index (χ2n) is 4.28. The maximum absolute atomic E-state index is 4.67. The zero-order chi connectivity index (χ0) is 9.97. The highest BCUT2D eigenvalue weighted by molar-refractivity contribution is 5.81.